The van der Waals surface area contributed by atoms with Crippen molar-refractivity contribution in [2.75, 3.05) is 12.8 Å². The number of aliphatic hydroxyl groups excluding tert-OH is 1. The molecule has 0 saturated carbocycles. The van der Waals surface area contributed by atoms with Crippen molar-refractivity contribution in [2.45, 2.75) is 23.8 Å². The van der Waals surface area contributed by atoms with E-state index in [0.29, 0.717) is 12.0 Å². The molecule has 0 aromatic heterocycles. The summed E-state index contributed by atoms with van der Waals surface area (Å²) in [6.45, 7) is 0.148. The summed E-state index contributed by atoms with van der Waals surface area (Å²) in [5, 5.41) is 12.8. The molecule has 3 nitrogen and oxygen atoms in total. The van der Waals surface area contributed by atoms with Crippen molar-refractivity contribution in [3.63, 3.8) is 0 Å². The molecule has 2 aromatic rings. The van der Waals surface area contributed by atoms with Gasteiger partial charge in [-0.25, -0.2) is 4.39 Å². The fourth-order valence-electron chi connectivity index (χ4n) is 2.19. The molecule has 0 heterocycles. The van der Waals surface area contributed by atoms with Crippen LogP contribution >= 0.6 is 11.8 Å². The predicted octanol–water partition coefficient (Wildman–Crippen LogP) is 3.33. The van der Waals surface area contributed by atoms with E-state index in [4.69, 9.17) is 0 Å². The van der Waals surface area contributed by atoms with Crippen molar-refractivity contribution >= 4 is 17.7 Å². The molecule has 5 heteroatoms. The average Bonchev–Trinajstić information content (AvgIpc) is 2.59. The SMILES string of the molecule is CSc1ccc(C(O)CNC(=O)CCc2ccccc2F)cc1. The Hall–Kier alpha value is -1.85. The molecule has 0 radical (unpaired) electrons. The van der Waals surface area contributed by atoms with Crippen LogP contribution in [0.15, 0.2) is 53.4 Å². The number of hydrogen-bond acceptors (Lipinski definition) is 3. The van der Waals surface area contributed by atoms with E-state index in [1.807, 2.05) is 30.5 Å². The van der Waals surface area contributed by atoms with E-state index in [2.05, 4.69) is 5.32 Å². The van der Waals surface area contributed by atoms with Crippen LogP contribution in [0.1, 0.15) is 23.7 Å². The van der Waals surface area contributed by atoms with Gasteiger partial charge in [0, 0.05) is 17.9 Å². The molecular formula is C18H20FNO2S. The molecule has 2 rings (SSSR count). The predicted molar refractivity (Wildman–Crippen MR) is 90.9 cm³/mol. The summed E-state index contributed by atoms with van der Waals surface area (Å²) in [5.41, 5.74) is 1.29. The summed E-state index contributed by atoms with van der Waals surface area (Å²) >= 11 is 1.63. The van der Waals surface area contributed by atoms with Crippen molar-refractivity contribution in [1.82, 2.24) is 5.32 Å². The second kappa shape index (κ2) is 8.70. The number of hydrogen-bond donors (Lipinski definition) is 2. The van der Waals surface area contributed by atoms with Crippen LogP contribution in [0.2, 0.25) is 0 Å². The molecule has 0 saturated heterocycles. The lowest BCUT2D eigenvalue weighted by Gasteiger charge is -2.13. The number of nitrogens with one attached hydrogen (secondary N) is 1. The molecule has 0 fully saturated rings. The zero-order valence-corrected chi connectivity index (χ0v) is 13.8. The molecule has 122 valence electrons. The number of benzene rings is 2. The second-order valence-electron chi connectivity index (χ2n) is 5.18. The van der Waals surface area contributed by atoms with E-state index < -0.39 is 6.10 Å². The first-order valence-corrected chi connectivity index (χ1v) is 8.64. The van der Waals surface area contributed by atoms with Crippen molar-refractivity contribution in [3.05, 3.63) is 65.5 Å². The first kappa shape index (κ1) is 17.5. The Bertz CT molecular complexity index is 646. The first-order chi connectivity index (χ1) is 11.1. The Balaban J connectivity index is 1.78. The zero-order valence-electron chi connectivity index (χ0n) is 13.0. The van der Waals surface area contributed by atoms with Gasteiger partial charge < -0.3 is 10.4 Å². The second-order valence-corrected chi connectivity index (χ2v) is 6.06. The lowest BCUT2D eigenvalue weighted by Crippen LogP contribution is -2.28. The number of aliphatic hydroxyl groups is 1. The highest BCUT2D eigenvalue weighted by Gasteiger charge is 2.10. The highest BCUT2D eigenvalue weighted by molar-refractivity contribution is 7.98. The summed E-state index contributed by atoms with van der Waals surface area (Å²) < 4.78 is 13.5. The van der Waals surface area contributed by atoms with Crippen LogP contribution in [0.4, 0.5) is 4.39 Å². The third kappa shape index (κ3) is 5.37. The highest BCUT2D eigenvalue weighted by Crippen LogP contribution is 2.18. The van der Waals surface area contributed by atoms with Crippen LogP contribution in [-0.2, 0) is 11.2 Å². The van der Waals surface area contributed by atoms with Gasteiger partial charge in [-0.2, -0.15) is 0 Å². The van der Waals surface area contributed by atoms with Gasteiger partial charge in [0.25, 0.3) is 0 Å². The summed E-state index contributed by atoms with van der Waals surface area (Å²) in [4.78, 5) is 12.9. The maximum Gasteiger partial charge on any atom is 0.220 e. The summed E-state index contributed by atoms with van der Waals surface area (Å²) in [6, 6.07) is 14.0. The van der Waals surface area contributed by atoms with Crippen LogP contribution in [-0.4, -0.2) is 23.8 Å². The van der Waals surface area contributed by atoms with E-state index in [1.54, 1.807) is 30.0 Å². The molecule has 2 N–H and O–H groups in total. The Morgan fingerprint density at radius 3 is 2.57 bits per heavy atom. The van der Waals surface area contributed by atoms with Gasteiger partial charge in [0.1, 0.15) is 5.82 Å². The van der Waals surface area contributed by atoms with Gasteiger partial charge >= 0.3 is 0 Å². The minimum Gasteiger partial charge on any atom is -0.387 e. The topological polar surface area (TPSA) is 49.3 Å². The summed E-state index contributed by atoms with van der Waals surface area (Å²) in [7, 11) is 0. The molecule has 23 heavy (non-hydrogen) atoms. The molecule has 0 aliphatic carbocycles. The normalized spacial score (nSPS) is 12.0. The Morgan fingerprint density at radius 2 is 1.91 bits per heavy atom. The molecule has 0 aliphatic heterocycles. The summed E-state index contributed by atoms with van der Waals surface area (Å²) in [5.74, 6) is -0.498. The quantitative estimate of drug-likeness (QED) is 0.764. The molecule has 1 amide bonds. The van der Waals surface area contributed by atoms with E-state index in [-0.39, 0.29) is 24.7 Å². The highest BCUT2D eigenvalue weighted by atomic mass is 32.2. The number of carbonyl (C=O) groups is 1. The standard InChI is InChI=1S/C18H20FNO2S/c1-23-15-9-6-14(7-10-15)17(21)12-20-18(22)11-8-13-4-2-3-5-16(13)19/h2-7,9-10,17,21H,8,11-12H2,1H3,(H,20,22). The minimum absolute atomic E-state index is 0.148. The molecule has 1 unspecified atom stereocenters. The third-order valence-electron chi connectivity index (χ3n) is 3.57. The smallest absolute Gasteiger partial charge is 0.220 e. The maximum atomic E-state index is 13.5. The summed E-state index contributed by atoms with van der Waals surface area (Å²) in [6.07, 6.45) is 1.78. The van der Waals surface area contributed by atoms with E-state index in [1.165, 1.54) is 6.07 Å². The first-order valence-electron chi connectivity index (χ1n) is 7.42. The third-order valence-corrected chi connectivity index (χ3v) is 4.32. The van der Waals surface area contributed by atoms with Crippen molar-refractivity contribution in [1.29, 1.82) is 0 Å². The lowest BCUT2D eigenvalue weighted by molar-refractivity contribution is -0.121. The lowest BCUT2D eigenvalue weighted by atomic mass is 10.1. The van der Waals surface area contributed by atoms with Gasteiger partial charge in [-0.3, -0.25) is 4.79 Å². The maximum absolute atomic E-state index is 13.5. The zero-order chi connectivity index (χ0) is 16.7. The van der Waals surface area contributed by atoms with E-state index in [0.717, 1.165) is 10.5 Å². The Morgan fingerprint density at radius 1 is 1.22 bits per heavy atom. The molecule has 0 aliphatic rings. The average molecular weight is 333 g/mol. The Labute approximate surface area is 139 Å². The van der Waals surface area contributed by atoms with Crippen molar-refractivity contribution in [2.24, 2.45) is 0 Å². The fourth-order valence-corrected chi connectivity index (χ4v) is 2.60. The van der Waals surface area contributed by atoms with Gasteiger partial charge in [-0.1, -0.05) is 30.3 Å². The molecule has 2 aromatic carbocycles. The largest absolute Gasteiger partial charge is 0.387 e. The van der Waals surface area contributed by atoms with Crippen LogP contribution in [0.25, 0.3) is 0 Å². The van der Waals surface area contributed by atoms with Gasteiger partial charge in [0.2, 0.25) is 5.91 Å². The van der Waals surface area contributed by atoms with Gasteiger partial charge in [0.15, 0.2) is 0 Å². The fraction of sp³-hybridized carbons (Fsp3) is 0.278. The molecule has 0 spiro atoms. The van der Waals surface area contributed by atoms with Crippen LogP contribution in [0.3, 0.4) is 0 Å². The molecule has 1 atom stereocenters. The van der Waals surface area contributed by atoms with E-state index >= 15 is 0 Å². The van der Waals surface area contributed by atoms with E-state index in [9.17, 15) is 14.3 Å². The van der Waals surface area contributed by atoms with Gasteiger partial charge in [-0.05, 0) is 42.0 Å². The molecular weight excluding hydrogens is 313 g/mol. The number of amides is 1. The van der Waals surface area contributed by atoms with Gasteiger partial charge in [-0.15, -0.1) is 11.8 Å². The Kier molecular flexibility index (Phi) is 6.62. The van der Waals surface area contributed by atoms with Crippen molar-refractivity contribution < 1.29 is 14.3 Å². The van der Waals surface area contributed by atoms with Crippen LogP contribution in [0.5, 0.6) is 0 Å². The number of aryl methyl sites for hydroxylation is 1. The molecule has 0 bridgehead atoms. The van der Waals surface area contributed by atoms with Crippen LogP contribution in [0, 0.1) is 5.82 Å². The minimum atomic E-state index is -0.747. The number of carbonyl (C=O) groups excluding carboxylic acids is 1. The monoisotopic (exact) mass is 333 g/mol. The van der Waals surface area contributed by atoms with Crippen molar-refractivity contribution in [3.8, 4) is 0 Å². The van der Waals surface area contributed by atoms with Gasteiger partial charge in [0.05, 0.1) is 6.10 Å². The number of rotatable bonds is 7. The van der Waals surface area contributed by atoms with Crippen LogP contribution < -0.4 is 5.32 Å². The number of halogens is 1. The number of thioether (sulfide) groups is 1.